The van der Waals surface area contributed by atoms with Crippen molar-refractivity contribution in [3.8, 4) is 0 Å². The summed E-state index contributed by atoms with van der Waals surface area (Å²) in [5, 5.41) is 9.36. The third-order valence-corrected chi connectivity index (χ3v) is 4.47. The number of rotatable bonds is 14. The van der Waals surface area contributed by atoms with Crippen molar-refractivity contribution >= 4 is 22.8 Å². The summed E-state index contributed by atoms with van der Waals surface area (Å²) < 4.78 is 5.21. The number of carbonyl (C=O) groups is 2. The van der Waals surface area contributed by atoms with E-state index >= 15 is 0 Å². The molecule has 0 heterocycles. The van der Waals surface area contributed by atoms with Gasteiger partial charge in [-0.05, 0) is 12.8 Å². The second-order valence-electron chi connectivity index (χ2n) is 5.60. The predicted molar refractivity (Wildman–Crippen MR) is 91.9 cm³/mol. The number of thioether (sulfide) groups is 1. The first-order valence-corrected chi connectivity index (χ1v) is 9.58. The minimum atomic E-state index is -0.566. The Hall–Kier alpha value is -0.550. The van der Waals surface area contributed by atoms with Crippen LogP contribution in [-0.4, -0.2) is 34.7 Å². The van der Waals surface area contributed by atoms with Gasteiger partial charge in [0.05, 0.1) is 6.61 Å². The van der Waals surface area contributed by atoms with E-state index in [9.17, 15) is 14.7 Å². The van der Waals surface area contributed by atoms with Crippen LogP contribution >= 0.6 is 11.8 Å². The van der Waals surface area contributed by atoms with Gasteiger partial charge in [0.25, 0.3) is 0 Å². The van der Waals surface area contributed by atoms with Crippen molar-refractivity contribution in [3.05, 3.63) is 0 Å². The Kier molecular flexibility index (Phi) is 15.0. The highest BCUT2D eigenvalue weighted by molar-refractivity contribution is 8.13. The normalized spacial score (nSPS) is 12.1. The van der Waals surface area contributed by atoms with Crippen LogP contribution in [0.25, 0.3) is 0 Å². The van der Waals surface area contributed by atoms with Crippen molar-refractivity contribution in [3.63, 3.8) is 0 Å². The SMILES string of the molecule is CCCCCCC(=O)O[C@@H](CO)CSC(=O)CCCCCC. The molecule has 0 saturated heterocycles. The van der Waals surface area contributed by atoms with Crippen molar-refractivity contribution in [2.75, 3.05) is 12.4 Å². The lowest BCUT2D eigenvalue weighted by atomic mass is 10.1. The molecule has 0 amide bonds. The average molecular weight is 333 g/mol. The zero-order valence-electron chi connectivity index (χ0n) is 14.1. The van der Waals surface area contributed by atoms with Crippen LogP contribution in [0.15, 0.2) is 0 Å². The van der Waals surface area contributed by atoms with Gasteiger partial charge in [-0.1, -0.05) is 64.1 Å². The molecule has 0 fully saturated rings. The summed E-state index contributed by atoms with van der Waals surface area (Å²) >= 11 is 1.16. The molecule has 0 aliphatic heterocycles. The molecule has 0 aliphatic rings. The van der Waals surface area contributed by atoms with Crippen LogP contribution in [0.4, 0.5) is 0 Å². The number of unbranched alkanes of at least 4 members (excludes halogenated alkanes) is 6. The predicted octanol–water partition coefficient (Wildman–Crippen LogP) is 4.09. The third-order valence-electron chi connectivity index (χ3n) is 3.40. The van der Waals surface area contributed by atoms with Crippen LogP contribution in [0.5, 0.6) is 0 Å². The lowest BCUT2D eigenvalue weighted by Gasteiger charge is -2.14. The lowest BCUT2D eigenvalue weighted by Crippen LogP contribution is -2.25. The summed E-state index contributed by atoms with van der Waals surface area (Å²) in [4.78, 5) is 23.3. The van der Waals surface area contributed by atoms with Gasteiger partial charge in [-0.15, -0.1) is 0 Å². The molecule has 0 bridgehead atoms. The second-order valence-corrected chi connectivity index (χ2v) is 6.68. The van der Waals surface area contributed by atoms with Gasteiger partial charge >= 0.3 is 5.97 Å². The van der Waals surface area contributed by atoms with Gasteiger partial charge in [0, 0.05) is 18.6 Å². The first-order chi connectivity index (χ1) is 10.6. The number of ether oxygens (including phenoxy) is 1. The van der Waals surface area contributed by atoms with Crippen LogP contribution in [-0.2, 0) is 14.3 Å². The molecule has 0 rings (SSSR count). The number of hydrogen-bond donors (Lipinski definition) is 1. The largest absolute Gasteiger partial charge is 0.459 e. The zero-order chi connectivity index (χ0) is 16.6. The van der Waals surface area contributed by atoms with Crippen LogP contribution in [0.2, 0.25) is 0 Å². The fourth-order valence-electron chi connectivity index (χ4n) is 2.02. The van der Waals surface area contributed by atoms with Crippen LogP contribution in [0.1, 0.15) is 78.1 Å². The molecule has 0 aromatic rings. The Labute approximate surface area is 139 Å². The van der Waals surface area contributed by atoms with E-state index in [1.807, 2.05) is 0 Å². The van der Waals surface area contributed by atoms with Gasteiger partial charge < -0.3 is 9.84 Å². The molecule has 1 N–H and O–H groups in total. The topological polar surface area (TPSA) is 63.6 Å². The molecule has 0 aromatic heterocycles. The van der Waals surface area contributed by atoms with Crippen molar-refractivity contribution in [1.82, 2.24) is 0 Å². The van der Waals surface area contributed by atoms with Crippen molar-refractivity contribution in [2.24, 2.45) is 0 Å². The lowest BCUT2D eigenvalue weighted by molar-refractivity contribution is -0.149. The van der Waals surface area contributed by atoms with E-state index in [1.165, 1.54) is 0 Å². The molecule has 0 saturated carbocycles. The maximum absolute atomic E-state index is 11.7. The fourth-order valence-corrected chi connectivity index (χ4v) is 2.85. The fraction of sp³-hybridized carbons (Fsp3) is 0.882. The molecule has 22 heavy (non-hydrogen) atoms. The van der Waals surface area contributed by atoms with Crippen LogP contribution in [0.3, 0.4) is 0 Å². The van der Waals surface area contributed by atoms with Crippen molar-refractivity contribution < 1.29 is 19.4 Å². The third kappa shape index (κ3) is 13.1. The van der Waals surface area contributed by atoms with Gasteiger partial charge in [0.2, 0.25) is 0 Å². The summed E-state index contributed by atoms with van der Waals surface area (Å²) in [6, 6.07) is 0. The Balaban J connectivity index is 3.76. The molecule has 5 heteroatoms. The van der Waals surface area contributed by atoms with Gasteiger partial charge in [-0.25, -0.2) is 0 Å². The molecule has 0 radical (unpaired) electrons. The highest BCUT2D eigenvalue weighted by Crippen LogP contribution is 2.14. The Bertz CT molecular complexity index is 294. The first-order valence-electron chi connectivity index (χ1n) is 8.59. The number of aliphatic hydroxyl groups excluding tert-OH is 1. The minimum Gasteiger partial charge on any atom is -0.459 e. The number of aliphatic hydroxyl groups is 1. The summed E-state index contributed by atoms with van der Waals surface area (Å²) in [7, 11) is 0. The van der Waals surface area contributed by atoms with Crippen molar-refractivity contribution in [2.45, 2.75) is 84.2 Å². The average Bonchev–Trinajstić information content (AvgIpc) is 2.52. The smallest absolute Gasteiger partial charge is 0.306 e. The molecule has 0 aromatic carbocycles. The van der Waals surface area contributed by atoms with E-state index in [1.54, 1.807) is 0 Å². The highest BCUT2D eigenvalue weighted by Gasteiger charge is 2.15. The molecular formula is C17H32O4S. The van der Waals surface area contributed by atoms with Gasteiger partial charge in [-0.2, -0.15) is 0 Å². The Morgan fingerprint density at radius 3 is 2.09 bits per heavy atom. The summed E-state index contributed by atoms with van der Waals surface area (Å²) in [6.07, 6.45) is 8.82. The maximum Gasteiger partial charge on any atom is 0.306 e. The second kappa shape index (κ2) is 15.3. The molecular weight excluding hydrogens is 300 g/mol. The number of esters is 1. The molecule has 1 atom stereocenters. The zero-order valence-corrected chi connectivity index (χ0v) is 15.0. The van der Waals surface area contributed by atoms with Crippen molar-refractivity contribution in [1.29, 1.82) is 0 Å². The molecule has 130 valence electrons. The molecule has 4 nitrogen and oxygen atoms in total. The monoisotopic (exact) mass is 332 g/mol. The molecule has 0 spiro atoms. The molecule has 0 aliphatic carbocycles. The summed E-state index contributed by atoms with van der Waals surface area (Å²) in [6.45, 7) is 4.03. The highest BCUT2D eigenvalue weighted by atomic mass is 32.2. The van der Waals surface area contributed by atoms with Crippen LogP contribution in [0, 0.1) is 0 Å². The Morgan fingerprint density at radius 2 is 1.55 bits per heavy atom. The maximum atomic E-state index is 11.7. The van der Waals surface area contributed by atoms with E-state index in [0.717, 1.165) is 63.1 Å². The van der Waals surface area contributed by atoms with Gasteiger partial charge in [-0.3, -0.25) is 9.59 Å². The summed E-state index contributed by atoms with van der Waals surface area (Å²) in [5.41, 5.74) is 0. The quantitative estimate of drug-likeness (QED) is 0.383. The van der Waals surface area contributed by atoms with E-state index in [-0.39, 0.29) is 17.7 Å². The van der Waals surface area contributed by atoms with E-state index < -0.39 is 6.10 Å². The van der Waals surface area contributed by atoms with E-state index in [0.29, 0.717) is 18.6 Å². The van der Waals surface area contributed by atoms with Crippen LogP contribution < -0.4 is 0 Å². The van der Waals surface area contributed by atoms with Gasteiger partial charge in [0.15, 0.2) is 5.12 Å². The number of hydrogen-bond acceptors (Lipinski definition) is 5. The van der Waals surface area contributed by atoms with Gasteiger partial charge in [0.1, 0.15) is 6.10 Å². The standard InChI is InChI=1S/C17H32O4S/c1-3-5-7-9-11-16(19)21-15(13-18)14-22-17(20)12-10-8-6-4-2/h15,18H,3-14H2,1-2H3/t15-/m0/s1. The first kappa shape index (κ1) is 21.4. The minimum absolute atomic E-state index is 0.119. The molecule has 0 unspecified atom stereocenters. The summed E-state index contributed by atoms with van der Waals surface area (Å²) in [5.74, 6) is 0.0789. The Morgan fingerprint density at radius 1 is 0.955 bits per heavy atom. The number of carbonyl (C=O) groups excluding carboxylic acids is 2. The van der Waals surface area contributed by atoms with E-state index in [4.69, 9.17) is 4.74 Å². The van der Waals surface area contributed by atoms with E-state index in [2.05, 4.69) is 13.8 Å².